The number of thioether (sulfide) groups is 1. The smallest absolute Gasteiger partial charge is 0.0708 e. The van der Waals surface area contributed by atoms with Crippen LogP contribution in [0.5, 0.6) is 0 Å². The monoisotopic (exact) mass is 346 g/mol. The first-order valence-corrected chi connectivity index (χ1v) is 8.78. The maximum absolute atomic E-state index is 4.37. The van der Waals surface area contributed by atoms with Gasteiger partial charge in [-0.2, -0.15) is 16.9 Å². The van der Waals surface area contributed by atoms with Gasteiger partial charge in [-0.3, -0.25) is 9.58 Å². The van der Waals surface area contributed by atoms with Crippen LogP contribution < -0.4 is 5.32 Å². The lowest BCUT2D eigenvalue weighted by Gasteiger charge is -2.38. The summed E-state index contributed by atoms with van der Waals surface area (Å²) in [5, 5.41) is 8.08. The summed E-state index contributed by atoms with van der Waals surface area (Å²) < 4.78 is 3.09. The molecule has 0 amide bonds. The van der Waals surface area contributed by atoms with Crippen LogP contribution in [0.15, 0.2) is 10.7 Å². The largest absolute Gasteiger partial charge is 0.307 e. The fourth-order valence-corrected chi connectivity index (χ4v) is 4.41. The molecule has 19 heavy (non-hydrogen) atoms. The zero-order valence-electron chi connectivity index (χ0n) is 11.9. The van der Waals surface area contributed by atoms with Crippen LogP contribution in [0.4, 0.5) is 0 Å². The molecule has 108 valence electrons. The van der Waals surface area contributed by atoms with E-state index in [1.807, 2.05) is 17.9 Å². The third-order valence-electron chi connectivity index (χ3n) is 3.67. The molecular weight excluding hydrogens is 324 g/mol. The van der Waals surface area contributed by atoms with Crippen molar-refractivity contribution in [3.63, 3.8) is 0 Å². The molecule has 2 atom stereocenters. The van der Waals surface area contributed by atoms with Crippen LogP contribution in [0.2, 0.25) is 0 Å². The summed E-state index contributed by atoms with van der Waals surface area (Å²) in [6.45, 7) is 4.41. The Bertz CT molecular complexity index is 390. The Morgan fingerprint density at radius 1 is 1.58 bits per heavy atom. The number of nitrogens with one attached hydrogen (secondary N) is 1. The fraction of sp³-hybridized carbons (Fsp3) is 0.769. The highest BCUT2D eigenvalue weighted by molar-refractivity contribution is 9.10. The fourth-order valence-electron chi connectivity index (χ4n) is 2.54. The second-order valence-corrected chi connectivity index (χ2v) is 7.06. The van der Waals surface area contributed by atoms with Gasteiger partial charge in [0.1, 0.15) is 0 Å². The van der Waals surface area contributed by atoms with Gasteiger partial charge in [0.15, 0.2) is 0 Å². The summed E-state index contributed by atoms with van der Waals surface area (Å²) >= 11 is 5.70. The van der Waals surface area contributed by atoms with E-state index in [1.165, 1.54) is 17.2 Å². The molecule has 0 spiro atoms. The number of halogens is 1. The molecule has 0 aliphatic carbocycles. The Labute approximate surface area is 128 Å². The van der Waals surface area contributed by atoms with Gasteiger partial charge in [-0.15, -0.1) is 0 Å². The molecule has 1 aliphatic rings. The number of hydrogen-bond acceptors (Lipinski definition) is 4. The maximum Gasteiger partial charge on any atom is 0.0708 e. The van der Waals surface area contributed by atoms with Crippen molar-refractivity contribution < 1.29 is 0 Å². The Morgan fingerprint density at radius 3 is 2.95 bits per heavy atom. The topological polar surface area (TPSA) is 33.1 Å². The molecule has 6 heteroatoms. The lowest BCUT2D eigenvalue weighted by Crippen LogP contribution is -2.48. The molecule has 1 aromatic heterocycles. The molecule has 0 aromatic carbocycles. The van der Waals surface area contributed by atoms with Gasteiger partial charge in [0.2, 0.25) is 0 Å². The quantitative estimate of drug-likeness (QED) is 0.886. The molecular formula is C13H23BrN4S. The number of hydrogen-bond donors (Lipinski definition) is 1. The number of aromatic nitrogens is 2. The second kappa shape index (κ2) is 7.11. The zero-order valence-corrected chi connectivity index (χ0v) is 14.3. The first-order valence-electron chi connectivity index (χ1n) is 6.84. The van der Waals surface area contributed by atoms with Crippen molar-refractivity contribution in [2.45, 2.75) is 25.4 Å². The number of rotatable bonds is 5. The molecule has 0 saturated carbocycles. The van der Waals surface area contributed by atoms with Gasteiger partial charge in [0.25, 0.3) is 0 Å². The van der Waals surface area contributed by atoms with E-state index >= 15 is 0 Å². The predicted octanol–water partition coefficient (Wildman–Crippen LogP) is 2.27. The number of nitrogens with zero attached hydrogens (tertiary/aromatic N) is 3. The molecule has 1 saturated heterocycles. The molecule has 1 fully saturated rings. The van der Waals surface area contributed by atoms with Crippen LogP contribution in [-0.4, -0.2) is 52.4 Å². The summed E-state index contributed by atoms with van der Waals surface area (Å²) in [6.07, 6.45) is 3.04. The zero-order chi connectivity index (χ0) is 13.8. The normalized spacial score (nSPS) is 22.6. The average Bonchev–Trinajstić information content (AvgIpc) is 2.73. The van der Waals surface area contributed by atoms with Crippen molar-refractivity contribution in [2.24, 2.45) is 7.05 Å². The van der Waals surface area contributed by atoms with Gasteiger partial charge in [-0.25, -0.2) is 0 Å². The van der Waals surface area contributed by atoms with Gasteiger partial charge in [0.05, 0.1) is 22.4 Å². The SMILES string of the molecule is CCCNC(c1c(Br)cnn1C)C1CSCCN1C. The van der Waals surface area contributed by atoms with Crippen LogP contribution in [0.1, 0.15) is 25.1 Å². The molecule has 4 nitrogen and oxygen atoms in total. The summed E-state index contributed by atoms with van der Waals surface area (Å²) in [4.78, 5) is 2.48. The van der Waals surface area contributed by atoms with Crippen molar-refractivity contribution in [1.82, 2.24) is 20.0 Å². The predicted molar refractivity (Wildman–Crippen MR) is 85.7 cm³/mol. The maximum atomic E-state index is 4.37. The summed E-state index contributed by atoms with van der Waals surface area (Å²) in [6, 6.07) is 0.858. The highest BCUT2D eigenvalue weighted by Gasteiger charge is 2.31. The van der Waals surface area contributed by atoms with Crippen molar-refractivity contribution >= 4 is 27.7 Å². The third-order valence-corrected chi connectivity index (χ3v) is 5.33. The van der Waals surface area contributed by atoms with E-state index in [1.54, 1.807) is 0 Å². The Hall–Kier alpha value is -0.0400. The number of likely N-dealkylation sites (N-methyl/N-ethyl adjacent to an activating group) is 1. The van der Waals surface area contributed by atoms with E-state index in [0.29, 0.717) is 12.1 Å². The van der Waals surface area contributed by atoms with Crippen molar-refractivity contribution in [1.29, 1.82) is 0 Å². The molecule has 0 bridgehead atoms. The van der Waals surface area contributed by atoms with Gasteiger partial charge < -0.3 is 5.32 Å². The van der Waals surface area contributed by atoms with Crippen LogP contribution in [-0.2, 0) is 7.05 Å². The van der Waals surface area contributed by atoms with E-state index < -0.39 is 0 Å². The first kappa shape index (κ1) is 15.4. The van der Waals surface area contributed by atoms with Crippen molar-refractivity contribution in [3.8, 4) is 0 Å². The lowest BCUT2D eigenvalue weighted by atomic mass is 10.0. The van der Waals surface area contributed by atoms with Gasteiger partial charge in [0, 0.05) is 31.1 Å². The van der Waals surface area contributed by atoms with E-state index in [0.717, 1.165) is 24.0 Å². The minimum absolute atomic E-state index is 0.333. The van der Waals surface area contributed by atoms with Crippen molar-refractivity contribution in [2.75, 3.05) is 31.6 Å². The molecule has 2 rings (SSSR count). The van der Waals surface area contributed by atoms with E-state index in [-0.39, 0.29) is 0 Å². The highest BCUT2D eigenvalue weighted by Crippen LogP contribution is 2.30. The van der Waals surface area contributed by atoms with Crippen LogP contribution in [0, 0.1) is 0 Å². The summed E-state index contributed by atoms with van der Waals surface area (Å²) in [7, 11) is 4.26. The molecule has 2 heterocycles. The Balaban J connectivity index is 2.24. The van der Waals surface area contributed by atoms with E-state index in [9.17, 15) is 0 Å². The second-order valence-electron chi connectivity index (χ2n) is 5.06. The minimum atomic E-state index is 0.333. The Kier molecular flexibility index (Phi) is 5.74. The highest BCUT2D eigenvalue weighted by atomic mass is 79.9. The molecule has 0 radical (unpaired) electrons. The summed E-state index contributed by atoms with van der Waals surface area (Å²) in [5.41, 5.74) is 1.26. The summed E-state index contributed by atoms with van der Waals surface area (Å²) in [5.74, 6) is 2.41. The Morgan fingerprint density at radius 2 is 2.37 bits per heavy atom. The molecule has 2 unspecified atom stereocenters. The van der Waals surface area contributed by atoms with Crippen LogP contribution >= 0.6 is 27.7 Å². The molecule has 1 N–H and O–H groups in total. The average molecular weight is 347 g/mol. The molecule has 1 aromatic rings. The van der Waals surface area contributed by atoms with E-state index in [4.69, 9.17) is 0 Å². The standard InChI is InChI=1S/C13H23BrN4S/c1-4-5-15-12(11-9-19-7-6-17(11)2)13-10(14)8-16-18(13)3/h8,11-12,15H,4-7,9H2,1-3H3. The van der Waals surface area contributed by atoms with Gasteiger partial charge in [-0.1, -0.05) is 6.92 Å². The van der Waals surface area contributed by atoms with Crippen LogP contribution in [0.3, 0.4) is 0 Å². The third kappa shape index (κ3) is 3.54. The molecule has 1 aliphatic heterocycles. The van der Waals surface area contributed by atoms with Crippen LogP contribution in [0.25, 0.3) is 0 Å². The minimum Gasteiger partial charge on any atom is -0.307 e. The first-order chi connectivity index (χ1) is 9.15. The number of aryl methyl sites for hydroxylation is 1. The van der Waals surface area contributed by atoms with E-state index in [2.05, 4.69) is 57.0 Å². The lowest BCUT2D eigenvalue weighted by molar-refractivity contribution is 0.210. The van der Waals surface area contributed by atoms with Gasteiger partial charge in [-0.05, 0) is 35.9 Å². The van der Waals surface area contributed by atoms with Crippen molar-refractivity contribution in [3.05, 3.63) is 16.4 Å². The van der Waals surface area contributed by atoms with Gasteiger partial charge >= 0.3 is 0 Å².